The smallest absolute Gasteiger partial charge is 0.352 e. The number of amides is 1. The number of aromatic nitrogens is 3. The lowest BCUT2D eigenvalue weighted by Crippen LogP contribution is -2.41. The maximum atomic E-state index is 13.9. The van der Waals surface area contributed by atoms with Gasteiger partial charge in [-0.3, -0.25) is 14.2 Å². The summed E-state index contributed by atoms with van der Waals surface area (Å²) in [5.74, 6) is -1.41. The van der Waals surface area contributed by atoms with Crippen LogP contribution >= 0.6 is 0 Å². The Balaban J connectivity index is 2.07. The number of ether oxygens (including phenoxy) is 1. The number of carbonyl (C=O) groups excluding carboxylic acids is 1. The van der Waals surface area contributed by atoms with Crippen LogP contribution < -0.4 is 21.3 Å². The second kappa shape index (κ2) is 8.51. The number of hydrogen-bond donors (Lipinski definition) is 1. The minimum atomic E-state index is -0.702. The number of hydrogen-bond acceptors (Lipinski definition) is 5. The summed E-state index contributed by atoms with van der Waals surface area (Å²) in [5, 5.41) is 6.29. The summed E-state index contributed by atoms with van der Waals surface area (Å²) in [6, 6.07) is 13.1. The van der Waals surface area contributed by atoms with Crippen LogP contribution in [0.1, 0.15) is 12.5 Å². The van der Waals surface area contributed by atoms with E-state index in [1.807, 2.05) is 30.3 Å². The van der Waals surface area contributed by atoms with Gasteiger partial charge in [0.1, 0.15) is 5.82 Å². The van der Waals surface area contributed by atoms with E-state index in [0.717, 1.165) is 20.9 Å². The largest absolute Gasteiger partial charge is 0.476 e. The van der Waals surface area contributed by atoms with E-state index >= 15 is 0 Å². The Morgan fingerprint density at radius 1 is 1.17 bits per heavy atom. The number of methoxy groups -OCH3 is 1. The zero-order valence-electron chi connectivity index (χ0n) is 15.9. The Hall–Kier alpha value is -3.75. The molecule has 150 valence electrons. The Bertz CT molecular complexity index is 1160. The number of nitrogens with zero attached hydrogens (tertiary/aromatic N) is 3. The van der Waals surface area contributed by atoms with Crippen LogP contribution in [0.4, 0.5) is 10.1 Å². The Morgan fingerprint density at radius 3 is 2.55 bits per heavy atom. The fraction of sp³-hybridized carbons (Fsp3) is 0.200. The summed E-state index contributed by atoms with van der Waals surface area (Å²) in [7, 11) is 1.27. The van der Waals surface area contributed by atoms with E-state index in [1.165, 1.54) is 26.2 Å². The minimum absolute atomic E-state index is 0.107. The van der Waals surface area contributed by atoms with Crippen LogP contribution in [0.3, 0.4) is 0 Å². The predicted octanol–water partition coefficient (Wildman–Crippen LogP) is 1.74. The normalized spacial score (nSPS) is 10.6. The van der Waals surface area contributed by atoms with Gasteiger partial charge >= 0.3 is 11.2 Å². The molecular formula is C20H19FN4O4. The second-order valence-electron chi connectivity index (χ2n) is 6.24. The summed E-state index contributed by atoms with van der Waals surface area (Å²) in [4.78, 5) is 36.7. The van der Waals surface area contributed by atoms with Gasteiger partial charge in [0, 0.05) is 13.5 Å². The van der Waals surface area contributed by atoms with Gasteiger partial charge in [-0.2, -0.15) is 4.68 Å². The molecule has 0 radical (unpaired) electrons. The van der Waals surface area contributed by atoms with Gasteiger partial charge in [0.05, 0.1) is 18.5 Å². The van der Waals surface area contributed by atoms with Crippen molar-refractivity contribution >= 4 is 11.6 Å². The van der Waals surface area contributed by atoms with Gasteiger partial charge in [0.15, 0.2) is 0 Å². The van der Waals surface area contributed by atoms with Crippen molar-refractivity contribution < 1.29 is 13.9 Å². The number of aryl methyl sites for hydroxylation is 1. The van der Waals surface area contributed by atoms with Crippen molar-refractivity contribution in [3.05, 3.63) is 80.7 Å². The van der Waals surface area contributed by atoms with Crippen LogP contribution in [-0.4, -0.2) is 27.4 Å². The average molecular weight is 398 g/mol. The first-order valence-corrected chi connectivity index (χ1v) is 8.80. The summed E-state index contributed by atoms with van der Waals surface area (Å²) >= 11 is 0. The molecule has 1 aromatic heterocycles. The number of anilines is 1. The minimum Gasteiger partial charge on any atom is -0.476 e. The highest BCUT2D eigenvalue weighted by Gasteiger charge is 2.16. The highest BCUT2D eigenvalue weighted by Crippen LogP contribution is 2.18. The Kier molecular flexibility index (Phi) is 5.87. The lowest BCUT2D eigenvalue weighted by molar-refractivity contribution is -0.114. The highest BCUT2D eigenvalue weighted by molar-refractivity contribution is 5.89. The molecule has 0 saturated heterocycles. The second-order valence-corrected chi connectivity index (χ2v) is 6.24. The molecule has 0 saturated carbocycles. The molecule has 1 heterocycles. The molecule has 3 rings (SSSR count). The summed E-state index contributed by atoms with van der Waals surface area (Å²) < 4.78 is 20.9. The van der Waals surface area contributed by atoms with E-state index in [2.05, 4.69) is 10.4 Å². The van der Waals surface area contributed by atoms with Crippen molar-refractivity contribution in [2.24, 2.45) is 0 Å². The molecule has 0 bridgehead atoms. The van der Waals surface area contributed by atoms with Gasteiger partial charge in [0.2, 0.25) is 5.91 Å². The van der Waals surface area contributed by atoms with E-state index in [-0.39, 0.29) is 23.8 Å². The van der Waals surface area contributed by atoms with Crippen molar-refractivity contribution in [1.29, 1.82) is 0 Å². The van der Waals surface area contributed by atoms with Gasteiger partial charge in [-0.05, 0) is 30.2 Å². The third kappa shape index (κ3) is 4.40. The molecule has 0 atom stereocenters. The standard InChI is InChI=1S/C20H19FN4O4/c1-13(26)22-17-12-15(8-9-16(17)21)25-20(28)24(19(27)18(23-25)29-2)11-10-14-6-4-3-5-7-14/h3-9,12H,10-11H2,1-2H3,(H,22,26). The molecule has 3 aromatic rings. The molecule has 0 unspecified atom stereocenters. The van der Waals surface area contributed by atoms with Crippen LogP contribution in [0.2, 0.25) is 0 Å². The molecule has 1 N–H and O–H groups in total. The Morgan fingerprint density at radius 2 is 1.90 bits per heavy atom. The fourth-order valence-electron chi connectivity index (χ4n) is 2.80. The zero-order chi connectivity index (χ0) is 21.0. The number of rotatable bonds is 6. The van der Waals surface area contributed by atoms with Crippen LogP contribution in [0, 0.1) is 5.82 Å². The molecular weight excluding hydrogens is 379 g/mol. The number of nitrogens with one attached hydrogen (secondary N) is 1. The molecule has 0 fully saturated rings. The van der Waals surface area contributed by atoms with Crippen LogP contribution in [0.25, 0.3) is 5.69 Å². The third-order valence-electron chi connectivity index (χ3n) is 4.20. The molecule has 0 aliphatic carbocycles. The molecule has 0 aliphatic heterocycles. The molecule has 0 spiro atoms. The predicted molar refractivity (Wildman–Crippen MR) is 105 cm³/mol. The number of benzene rings is 2. The van der Waals surface area contributed by atoms with Crippen molar-refractivity contribution in [1.82, 2.24) is 14.3 Å². The molecule has 29 heavy (non-hydrogen) atoms. The fourth-order valence-corrected chi connectivity index (χ4v) is 2.80. The quantitative estimate of drug-likeness (QED) is 0.683. The first-order chi connectivity index (χ1) is 13.9. The summed E-state index contributed by atoms with van der Waals surface area (Å²) in [5.41, 5.74) is -0.339. The van der Waals surface area contributed by atoms with Crippen LogP contribution in [0.5, 0.6) is 5.88 Å². The van der Waals surface area contributed by atoms with Gasteiger partial charge < -0.3 is 10.1 Å². The monoisotopic (exact) mass is 398 g/mol. The van der Waals surface area contributed by atoms with Crippen LogP contribution in [0.15, 0.2) is 58.1 Å². The summed E-state index contributed by atoms with van der Waals surface area (Å²) in [6.45, 7) is 1.35. The van der Waals surface area contributed by atoms with Crippen molar-refractivity contribution in [2.45, 2.75) is 19.9 Å². The molecule has 2 aromatic carbocycles. The first kappa shape index (κ1) is 20.0. The molecule has 8 nitrogen and oxygen atoms in total. The lowest BCUT2D eigenvalue weighted by atomic mass is 10.1. The molecule has 0 aliphatic rings. The maximum Gasteiger partial charge on any atom is 0.352 e. The maximum absolute atomic E-state index is 13.9. The van der Waals surface area contributed by atoms with Crippen LogP contribution in [-0.2, 0) is 17.8 Å². The average Bonchev–Trinajstić information content (AvgIpc) is 2.70. The zero-order valence-corrected chi connectivity index (χ0v) is 15.9. The SMILES string of the molecule is COc1nn(-c2ccc(F)c(NC(C)=O)c2)c(=O)n(CCc2ccccc2)c1=O. The number of carbonyl (C=O) groups is 1. The molecule has 1 amide bonds. The van der Waals surface area contributed by atoms with E-state index in [9.17, 15) is 18.8 Å². The van der Waals surface area contributed by atoms with E-state index in [0.29, 0.717) is 6.42 Å². The van der Waals surface area contributed by atoms with E-state index in [1.54, 1.807) is 0 Å². The van der Waals surface area contributed by atoms with Gasteiger partial charge in [-0.1, -0.05) is 30.3 Å². The first-order valence-electron chi connectivity index (χ1n) is 8.80. The Labute approximate surface area is 165 Å². The van der Waals surface area contributed by atoms with Gasteiger partial charge in [-0.25, -0.2) is 9.18 Å². The van der Waals surface area contributed by atoms with Gasteiger partial charge in [-0.15, -0.1) is 5.10 Å². The molecule has 9 heteroatoms. The van der Waals surface area contributed by atoms with E-state index in [4.69, 9.17) is 4.74 Å². The van der Waals surface area contributed by atoms with Crippen molar-refractivity contribution in [3.8, 4) is 11.6 Å². The lowest BCUT2D eigenvalue weighted by Gasteiger charge is -2.12. The third-order valence-corrected chi connectivity index (χ3v) is 4.20. The highest BCUT2D eigenvalue weighted by atomic mass is 19.1. The van der Waals surface area contributed by atoms with Crippen molar-refractivity contribution in [3.63, 3.8) is 0 Å². The number of halogens is 1. The summed E-state index contributed by atoms with van der Waals surface area (Å²) in [6.07, 6.45) is 0.448. The van der Waals surface area contributed by atoms with E-state index < -0.39 is 23.0 Å². The topological polar surface area (TPSA) is 95.2 Å². The van der Waals surface area contributed by atoms with Gasteiger partial charge in [0.25, 0.3) is 5.88 Å². The van der Waals surface area contributed by atoms with Crippen molar-refractivity contribution in [2.75, 3.05) is 12.4 Å².